The summed E-state index contributed by atoms with van der Waals surface area (Å²) < 4.78 is 46.4. The standard InChI is InChI=1S/C18H23F2N3O3S2/c1-21-28(25)8-6-13(7-9-28)12-2-4-14(5-3-12)23-11-15(26-18(23)24)10-22-17(27)16(19)20/h2-5,13,15-16H,6-11H2,1H3,(H,22,27). The van der Waals surface area contributed by atoms with Gasteiger partial charge < -0.3 is 10.1 Å². The maximum Gasteiger partial charge on any atom is 0.414 e. The van der Waals surface area contributed by atoms with Crippen LogP contribution in [0.25, 0.3) is 0 Å². The van der Waals surface area contributed by atoms with Gasteiger partial charge in [0.1, 0.15) is 11.1 Å². The topological polar surface area (TPSA) is 71.0 Å². The molecule has 2 aliphatic rings. The zero-order chi connectivity index (χ0) is 20.3. The average molecular weight is 432 g/mol. The summed E-state index contributed by atoms with van der Waals surface area (Å²) in [6.45, 7) is 0.313. The first-order chi connectivity index (χ1) is 13.3. The molecule has 1 amide bonds. The average Bonchev–Trinajstić information content (AvgIpc) is 3.07. The lowest BCUT2D eigenvalue weighted by Crippen LogP contribution is -2.36. The van der Waals surface area contributed by atoms with Crippen molar-refractivity contribution in [3.63, 3.8) is 0 Å². The zero-order valence-corrected chi connectivity index (χ0v) is 17.1. The molecule has 2 saturated heterocycles. The number of carbonyl (C=O) groups excluding carboxylic acids is 1. The first-order valence-corrected chi connectivity index (χ1v) is 11.3. The number of anilines is 1. The molecule has 154 valence electrons. The molecule has 28 heavy (non-hydrogen) atoms. The molecule has 1 atom stereocenters. The van der Waals surface area contributed by atoms with Gasteiger partial charge in [0.25, 0.3) is 6.43 Å². The number of ether oxygens (including phenoxy) is 1. The van der Waals surface area contributed by atoms with Crippen molar-refractivity contribution < 1.29 is 22.5 Å². The minimum Gasteiger partial charge on any atom is -0.442 e. The summed E-state index contributed by atoms with van der Waals surface area (Å²) in [5, 5.41) is 2.43. The Morgan fingerprint density at radius 1 is 1.36 bits per heavy atom. The third-order valence-electron chi connectivity index (χ3n) is 5.16. The van der Waals surface area contributed by atoms with Gasteiger partial charge in [0, 0.05) is 34.0 Å². The van der Waals surface area contributed by atoms with E-state index in [2.05, 4.69) is 21.9 Å². The third kappa shape index (κ3) is 4.78. The Morgan fingerprint density at radius 2 is 2.00 bits per heavy atom. The minimum atomic E-state index is -2.73. The number of amides is 1. The third-order valence-corrected chi connectivity index (χ3v) is 7.89. The minimum absolute atomic E-state index is 0.0489. The van der Waals surface area contributed by atoms with Crippen molar-refractivity contribution in [1.82, 2.24) is 5.32 Å². The number of hydrogen-bond donors (Lipinski definition) is 1. The van der Waals surface area contributed by atoms with Crippen LogP contribution in [-0.2, 0) is 14.5 Å². The molecule has 0 aliphatic carbocycles. The van der Waals surface area contributed by atoms with E-state index in [1.807, 2.05) is 24.3 Å². The Balaban J connectivity index is 1.58. The van der Waals surface area contributed by atoms with Gasteiger partial charge in [-0.25, -0.2) is 22.1 Å². The number of rotatable bonds is 5. The van der Waals surface area contributed by atoms with Gasteiger partial charge in [-0.15, -0.1) is 0 Å². The van der Waals surface area contributed by atoms with E-state index in [0.717, 1.165) is 18.4 Å². The highest BCUT2D eigenvalue weighted by molar-refractivity contribution is 7.93. The summed E-state index contributed by atoms with van der Waals surface area (Å²) in [5.74, 6) is 1.57. The molecule has 0 bridgehead atoms. The largest absolute Gasteiger partial charge is 0.442 e. The van der Waals surface area contributed by atoms with Crippen molar-refractivity contribution in [3.05, 3.63) is 29.8 Å². The lowest BCUT2D eigenvalue weighted by atomic mass is 9.93. The van der Waals surface area contributed by atoms with Crippen molar-refractivity contribution in [2.45, 2.75) is 31.3 Å². The molecular weight excluding hydrogens is 408 g/mol. The molecule has 0 spiro atoms. The van der Waals surface area contributed by atoms with Crippen molar-refractivity contribution >= 4 is 38.7 Å². The molecule has 10 heteroatoms. The molecule has 1 N–H and O–H groups in total. The van der Waals surface area contributed by atoms with E-state index >= 15 is 0 Å². The highest BCUT2D eigenvalue weighted by Gasteiger charge is 2.33. The van der Waals surface area contributed by atoms with Crippen molar-refractivity contribution in [1.29, 1.82) is 0 Å². The molecule has 2 fully saturated rings. The fraction of sp³-hybridized carbons (Fsp3) is 0.556. The van der Waals surface area contributed by atoms with Crippen LogP contribution in [0, 0.1) is 0 Å². The van der Waals surface area contributed by atoms with Gasteiger partial charge in [-0.3, -0.25) is 4.90 Å². The van der Waals surface area contributed by atoms with E-state index in [-0.39, 0.29) is 13.1 Å². The fourth-order valence-electron chi connectivity index (χ4n) is 3.47. The molecule has 0 radical (unpaired) electrons. The van der Waals surface area contributed by atoms with Crippen LogP contribution in [-0.4, -0.2) is 59.5 Å². The molecule has 2 heterocycles. The maximum atomic E-state index is 12.4. The highest BCUT2D eigenvalue weighted by atomic mass is 32.2. The predicted molar refractivity (Wildman–Crippen MR) is 109 cm³/mol. The van der Waals surface area contributed by atoms with Crippen LogP contribution in [0.1, 0.15) is 24.3 Å². The summed E-state index contributed by atoms with van der Waals surface area (Å²) in [7, 11) is -0.406. The second kappa shape index (κ2) is 8.69. The fourth-order valence-corrected chi connectivity index (χ4v) is 5.43. The quantitative estimate of drug-likeness (QED) is 0.725. The number of benzene rings is 1. The van der Waals surface area contributed by atoms with E-state index in [1.54, 1.807) is 7.05 Å². The number of alkyl halides is 2. The Hall–Kier alpha value is -1.81. The van der Waals surface area contributed by atoms with Crippen molar-refractivity contribution in [2.75, 3.05) is 36.5 Å². The molecule has 2 aliphatic heterocycles. The highest BCUT2D eigenvalue weighted by Crippen LogP contribution is 2.31. The van der Waals surface area contributed by atoms with E-state index in [0.29, 0.717) is 23.1 Å². The van der Waals surface area contributed by atoms with Crippen LogP contribution >= 0.6 is 12.2 Å². The van der Waals surface area contributed by atoms with Gasteiger partial charge in [0.2, 0.25) is 0 Å². The predicted octanol–water partition coefficient (Wildman–Crippen LogP) is 3.17. The second-order valence-electron chi connectivity index (χ2n) is 6.89. The first kappa shape index (κ1) is 20.9. The number of nitrogens with zero attached hydrogens (tertiary/aromatic N) is 2. The van der Waals surface area contributed by atoms with Crippen LogP contribution in [0.15, 0.2) is 28.6 Å². The number of halogens is 2. The van der Waals surface area contributed by atoms with E-state index in [9.17, 15) is 17.8 Å². The Labute approximate surface area is 168 Å². The van der Waals surface area contributed by atoms with Crippen LogP contribution in [0.4, 0.5) is 19.3 Å². The first-order valence-electron chi connectivity index (χ1n) is 9.06. The molecule has 6 nitrogen and oxygen atoms in total. The Morgan fingerprint density at radius 3 is 2.57 bits per heavy atom. The van der Waals surface area contributed by atoms with Crippen LogP contribution < -0.4 is 10.2 Å². The van der Waals surface area contributed by atoms with Gasteiger partial charge in [-0.1, -0.05) is 24.4 Å². The van der Waals surface area contributed by atoms with Gasteiger partial charge >= 0.3 is 6.09 Å². The van der Waals surface area contributed by atoms with Gasteiger partial charge in [0.05, 0.1) is 13.1 Å². The Kier molecular flexibility index (Phi) is 6.49. The maximum absolute atomic E-state index is 12.4. The lowest BCUT2D eigenvalue weighted by Gasteiger charge is -2.25. The molecule has 3 rings (SSSR count). The molecule has 1 aromatic rings. The van der Waals surface area contributed by atoms with Crippen LogP contribution in [0.2, 0.25) is 0 Å². The molecule has 1 unspecified atom stereocenters. The van der Waals surface area contributed by atoms with E-state index < -0.39 is 33.3 Å². The lowest BCUT2D eigenvalue weighted by molar-refractivity contribution is 0.142. The SMILES string of the molecule is CN=S1(=O)CCC(c2ccc(N3CC(CNC(=S)C(F)F)OC3=O)cc2)CC1. The van der Waals surface area contributed by atoms with Crippen molar-refractivity contribution in [2.24, 2.45) is 4.36 Å². The summed E-state index contributed by atoms with van der Waals surface area (Å²) in [5.41, 5.74) is 1.84. The summed E-state index contributed by atoms with van der Waals surface area (Å²) in [6, 6.07) is 7.65. The number of carbonyl (C=O) groups is 1. The molecule has 1 aromatic carbocycles. The Bertz CT molecular complexity index is 840. The van der Waals surface area contributed by atoms with E-state index in [4.69, 9.17) is 4.74 Å². The smallest absolute Gasteiger partial charge is 0.414 e. The normalized spacial score (nSPS) is 27.6. The zero-order valence-electron chi connectivity index (χ0n) is 15.5. The summed E-state index contributed by atoms with van der Waals surface area (Å²) >= 11 is 4.52. The monoisotopic (exact) mass is 431 g/mol. The number of thiocarbonyl (C=S) groups is 1. The van der Waals surface area contributed by atoms with Gasteiger partial charge in [0.15, 0.2) is 0 Å². The van der Waals surface area contributed by atoms with Crippen LogP contribution in [0.3, 0.4) is 0 Å². The molecule has 0 aromatic heterocycles. The summed E-state index contributed by atoms with van der Waals surface area (Å²) in [6.07, 6.45) is -2.12. The van der Waals surface area contributed by atoms with E-state index in [1.165, 1.54) is 4.90 Å². The molecule has 0 saturated carbocycles. The number of cyclic esters (lactones) is 1. The number of nitrogens with one attached hydrogen (secondary N) is 1. The van der Waals surface area contributed by atoms with Gasteiger partial charge in [-0.2, -0.15) is 0 Å². The van der Waals surface area contributed by atoms with Crippen LogP contribution in [0.5, 0.6) is 0 Å². The second-order valence-corrected chi connectivity index (χ2v) is 10.1. The van der Waals surface area contributed by atoms with Gasteiger partial charge in [-0.05, 0) is 36.5 Å². The van der Waals surface area contributed by atoms with Crippen molar-refractivity contribution in [3.8, 4) is 0 Å². The molecular formula is C18H23F2N3O3S2. The number of hydrogen-bond acceptors (Lipinski definition) is 5. The summed E-state index contributed by atoms with van der Waals surface area (Å²) in [4.78, 5) is 13.0.